The Hall–Kier alpha value is -15.0. The number of nitro benzene ring substituents is 2. The van der Waals surface area contributed by atoms with Gasteiger partial charge in [-0.1, -0.05) is 71.7 Å². The molecule has 8 amide bonds. The van der Waals surface area contributed by atoms with Crippen molar-refractivity contribution in [2.24, 2.45) is 0 Å². The minimum absolute atomic E-state index is 0.0753. The van der Waals surface area contributed by atoms with Gasteiger partial charge in [0, 0.05) is 58.4 Å². The molecule has 550 valence electrons. The Labute approximate surface area is 630 Å². The van der Waals surface area contributed by atoms with Crippen LogP contribution in [-0.2, 0) is 9.47 Å². The van der Waals surface area contributed by atoms with Gasteiger partial charge in [0.15, 0.2) is 0 Å². The number of fused-ring (bicyclic) bond motifs is 4. The number of imide groups is 4. The third-order valence-corrected chi connectivity index (χ3v) is 16.9. The summed E-state index contributed by atoms with van der Waals surface area (Å²) in [5.74, 6) is -5.48. The Balaban J connectivity index is 0.000000142. The molecule has 32 heteroatoms. The van der Waals surface area contributed by atoms with E-state index in [-0.39, 0.29) is 89.4 Å². The van der Waals surface area contributed by atoms with Crippen molar-refractivity contribution in [1.29, 1.82) is 0 Å². The predicted octanol–water partition coefficient (Wildman–Crippen LogP) is 15.4. The predicted molar refractivity (Wildman–Crippen MR) is 404 cm³/mol. The van der Waals surface area contributed by atoms with E-state index in [4.69, 9.17) is 32.7 Å². The van der Waals surface area contributed by atoms with Crippen LogP contribution in [0.2, 0.25) is 10.0 Å². The van der Waals surface area contributed by atoms with E-state index in [1.807, 2.05) is 60.7 Å². The van der Waals surface area contributed by atoms with Crippen LogP contribution in [0.4, 0.5) is 88.4 Å². The first-order chi connectivity index (χ1) is 52.8. The van der Waals surface area contributed by atoms with Crippen LogP contribution in [-0.4, -0.2) is 83.3 Å². The summed E-state index contributed by atoms with van der Waals surface area (Å²) in [5.41, 5.74) is 9.43. The third kappa shape index (κ3) is 18.2. The number of hydrogen-bond donors (Lipinski definition) is 10. The van der Waals surface area contributed by atoms with Crippen LogP contribution in [0, 0.1) is 31.9 Å². The highest BCUT2D eigenvalue weighted by atomic mass is 35.5. The second kappa shape index (κ2) is 33.8. The lowest BCUT2D eigenvalue weighted by molar-refractivity contribution is -0.385. The molecule has 0 aliphatic carbocycles. The third-order valence-electron chi connectivity index (χ3n) is 16.2. The average Bonchev–Trinajstić information content (AvgIpc) is 1.58. The first-order valence-corrected chi connectivity index (χ1v) is 33.0. The van der Waals surface area contributed by atoms with Crippen LogP contribution in [0.5, 0.6) is 0 Å². The summed E-state index contributed by atoms with van der Waals surface area (Å²) in [6.07, 6.45) is 0. The number of carbonyl (C=O) groups excluding carboxylic acids is 10. The molecular weight excluding hydrogens is 1470 g/mol. The van der Waals surface area contributed by atoms with Crippen molar-refractivity contribution in [2.75, 3.05) is 46.1 Å². The van der Waals surface area contributed by atoms with Crippen molar-refractivity contribution in [1.82, 2.24) is 21.3 Å². The van der Waals surface area contributed by atoms with Gasteiger partial charge in [-0.3, -0.25) is 79.9 Å². The molecule has 0 radical (unpaired) electrons. The largest absolute Gasteiger partial charge is 0.465 e. The van der Waals surface area contributed by atoms with E-state index in [0.717, 1.165) is 11.4 Å². The van der Waals surface area contributed by atoms with Crippen LogP contribution in [0.15, 0.2) is 231 Å². The van der Waals surface area contributed by atoms with Gasteiger partial charge < -0.3 is 41.4 Å². The average molecular weight is 1520 g/mol. The van der Waals surface area contributed by atoms with Crippen molar-refractivity contribution in [3.8, 4) is 0 Å². The maximum atomic E-state index is 13.1. The fourth-order valence-corrected chi connectivity index (χ4v) is 11.2. The van der Waals surface area contributed by atoms with Gasteiger partial charge in [0.1, 0.15) is 11.6 Å². The molecule has 11 aromatic carbocycles. The Bertz CT molecular complexity index is 5220. The minimum atomic E-state index is -0.622. The highest BCUT2D eigenvalue weighted by molar-refractivity contribution is 6.43. The van der Waals surface area contributed by atoms with Gasteiger partial charge in [0.25, 0.3) is 58.6 Å². The van der Waals surface area contributed by atoms with Crippen molar-refractivity contribution < 1.29 is 76.0 Å². The van der Waals surface area contributed by atoms with E-state index in [9.17, 15) is 77.0 Å². The van der Waals surface area contributed by atoms with Crippen LogP contribution in [0.3, 0.4) is 0 Å². The van der Waals surface area contributed by atoms with Crippen molar-refractivity contribution in [3.05, 3.63) is 328 Å². The smallest absolute Gasteiger partial charge is 0.338 e. The number of nitro groups is 2. The first kappa shape index (κ1) is 76.1. The normalized spacial score (nSPS) is 12.2. The lowest BCUT2D eigenvalue weighted by atomic mass is 10.0. The minimum Gasteiger partial charge on any atom is -0.465 e. The maximum absolute atomic E-state index is 13.1. The summed E-state index contributed by atoms with van der Waals surface area (Å²) < 4.78 is 36.0. The number of nitrogens with one attached hydrogen (secondary N) is 10. The molecule has 4 aliphatic rings. The van der Waals surface area contributed by atoms with Gasteiger partial charge in [-0.05, 0) is 158 Å². The number of halogens is 4. The number of para-hydroxylation sites is 2. The molecule has 0 aromatic heterocycles. The molecule has 10 N–H and O–H groups in total. The number of hydrogen-bond acceptors (Lipinski definition) is 22. The molecule has 0 saturated heterocycles. The standard InChI is InChI=1S/C22H20N2O4.C20H13F2N3O2.C20H13N5O6.C8H3Cl2NO2.C8H5NO2/c1-27-21(25)17-13-19(23-15-9-5-3-6-10-15)20(14-18(17)22(26)28-2)24-16-11-7-4-8-12-16;21-11-1-5-13(6-2-11)23-17-9-15-16(20(27)25-19(15)26)10-18(17)24-14-7-3-12(22)4-8-14;26-19-15-9-17(21-11-1-5-13(6-2-11)24(28)29)18(10-16(15)20(27)23-19)22-12-3-7-14(8-4-12)25(30)31;9-5-1-3-4(2-6(5)10)8(13)11-7(3)12;10-7-5-3-1-2-4-6(5)8(11)9-7/h3-14,23-24H,1-2H3;1-10,23-24H,(H,25,26,27);1-10,21-22H,(H,23,26,27);1-2H,(H,11,12,13);1-4H,(H,9,10,11). The lowest BCUT2D eigenvalue weighted by Crippen LogP contribution is -2.19. The Kier molecular flexibility index (Phi) is 23.4. The van der Waals surface area contributed by atoms with Gasteiger partial charge >= 0.3 is 11.9 Å². The maximum Gasteiger partial charge on any atom is 0.338 e. The zero-order chi connectivity index (χ0) is 78.4. The van der Waals surface area contributed by atoms with E-state index in [2.05, 4.69) is 53.2 Å². The molecule has 0 saturated carbocycles. The molecule has 28 nitrogen and oxygen atoms in total. The number of rotatable bonds is 16. The molecule has 4 aliphatic heterocycles. The van der Waals surface area contributed by atoms with Crippen LogP contribution >= 0.6 is 23.2 Å². The molecule has 11 aromatic rings. The number of amides is 8. The monoisotopic (exact) mass is 1520 g/mol. The fraction of sp³-hybridized carbons (Fsp3) is 0.0256. The Morgan fingerprint density at radius 1 is 0.318 bits per heavy atom. The van der Waals surface area contributed by atoms with Crippen molar-refractivity contribution >= 4 is 162 Å². The van der Waals surface area contributed by atoms with Crippen LogP contribution in [0.1, 0.15) is 104 Å². The van der Waals surface area contributed by atoms with E-state index in [0.29, 0.717) is 68.0 Å². The van der Waals surface area contributed by atoms with Crippen LogP contribution in [0.25, 0.3) is 0 Å². The van der Waals surface area contributed by atoms with Crippen LogP contribution < -0.4 is 53.2 Å². The fourth-order valence-electron chi connectivity index (χ4n) is 10.9. The summed E-state index contributed by atoms with van der Waals surface area (Å²) in [7, 11) is 2.54. The highest BCUT2D eigenvalue weighted by Crippen LogP contribution is 2.38. The van der Waals surface area contributed by atoms with Gasteiger partial charge in [0.2, 0.25) is 0 Å². The molecule has 0 bridgehead atoms. The van der Waals surface area contributed by atoms with E-state index >= 15 is 0 Å². The van der Waals surface area contributed by atoms with Gasteiger partial charge in [-0.2, -0.15) is 0 Å². The molecule has 110 heavy (non-hydrogen) atoms. The molecule has 4 heterocycles. The number of ether oxygens (including phenoxy) is 2. The molecular formula is C78H54Cl2F2N12O16. The summed E-state index contributed by atoms with van der Waals surface area (Å²) in [5, 5.41) is 49.9. The molecule has 0 spiro atoms. The zero-order valence-electron chi connectivity index (χ0n) is 56.9. The second-order valence-corrected chi connectivity index (χ2v) is 24.2. The SMILES string of the molecule is COC(=O)c1cc(Nc2ccccc2)c(Nc2ccccc2)cc1C(=O)OC.O=C1NC(=O)c2cc(Cl)c(Cl)cc21.O=C1NC(=O)c2cc(Nc3ccc(F)cc3)c(Nc3ccc(F)cc3)cc21.O=C1NC(=O)c2cc(Nc3ccc([N+](=O)[O-])cc3)c(Nc3ccc([N+](=O)[O-])cc3)cc21.O=C1NC(=O)c2ccccc21. The zero-order valence-corrected chi connectivity index (χ0v) is 58.4. The summed E-state index contributed by atoms with van der Waals surface area (Å²) >= 11 is 11.4. The number of methoxy groups -OCH3 is 2. The quantitative estimate of drug-likeness (QED) is 0.0186. The van der Waals surface area contributed by atoms with Gasteiger partial charge in [-0.25, -0.2) is 18.4 Å². The Morgan fingerprint density at radius 2 is 0.536 bits per heavy atom. The summed E-state index contributed by atoms with van der Waals surface area (Å²) in [6.45, 7) is 0. The highest BCUT2D eigenvalue weighted by Gasteiger charge is 2.32. The van der Waals surface area contributed by atoms with Gasteiger partial charge in [0.05, 0.1) is 124 Å². The number of anilines is 12. The number of nitrogens with zero attached hydrogens (tertiary/aromatic N) is 2. The number of esters is 2. The van der Waals surface area contributed by atoms with Crippen molar-refractivity contribution in [3.63, 3.8) is 0 Å². The lowest BCUT2D eigenvalue weighted by Gasteiger charge is -2.17. The summed E-state index contributed by atoms with van der Waals surface area (Å²) in [6, 6.07) is 60.5. The van der Waals surface area contributed by atoms with Crippen molar-refractivity contribution in [2.45, 2.75) is 0 Å². The molecule has 0 atom stereocenters. The van der Waals surface area contributed by atoms with E-state index < -0.39 is 57.2 Å². The Morgan fingerprint density at radius 3 is 0.791 bits per heavy atom. The topological polar surface area (TPSA) is 396 Å². The number of non-ortho nitro benzene ring substituents is 2. The van der Waals surface area contributed by atoms with Gasteiger partial charge in [-0.15, -0.1) is 0 Å². The summed E-state index contributed by atoms with van der Waals surface area (Å²) in [4.78, 5) is 137. The molecule has 0 unspecified atom stereocenters. The number of carbonyl (C=O) groups is 10. The van der Waals surface area contributed by atoms with E-state index in [1.165, 1.54) is 111 Å². The van der Waals surface area contributed by atoms with E-state index in [1.54, 1.807) is 72.8 Å². The molecule has 0 fully saturated rings. The molecule has 15 rings (SSSR count). The number of benzene rings is 11. The first-order valence-electron chi connectivity index (χ1n) is 32.3. The second-order valence-electron chi connectivity index (χ2n) is 23.4.